The van der Waals surface area contributed by atoms with Crippen LogP contribution in [0.3, 0.4) is 0 Å². The van der Waals surface area contributed by atoms with Crippen molar-refractivity contribution in [2.24, 2.45) is 0 Å². The maximum Gasteiger partial charge on any atom is 0.305 e. The molecule has 1 aromatic rings. The molecular weight excluding hydrogens is 232 g/mol. The molecule has 0 atom stereocenters. The maximum atomic E-state index is 11.8. The van der Waals surface area contributed by atoms with Crippen molar-refractivity contribution < 1.29 is 14.7 Å². The van der Waals surface area contributed by atoms with Gasteiger partial charge in [-0.05, 0) is 18.2 Å². The summed E-state index contributed by atoms with van der Waals surface area (Å²) in [5, 5.41) is 17.5. The Kier molecular flexibility index (Phi) is 4.88. The molecule has 0 saturated carbocycles. The third-order valence-corrected chi connectivity index (χ3v) is 2.44. The highest BCUT2D eigenvalue weighted by atomic mass is 16.4. The summed E-state index contributed by atoms with van der Waals surface area (Å²) in [6.07, 6.45) is 0.166. The molecule has 0 fully saturated rings. The Labute approximate surface area is 105 Å². The average molecular weight is 246 g/mol. The molecule has 0 unspecified atom stereocenters. The number of carbonyl (C=O) groups excluding carboxylic acids is 1. The zero-order valence-electron chi connectivity index (χ0n) is 10.1. The molecule has 5 heteroatoms. The highest BCUT2D eigenvalue weighted by Gasteiger charge is 2.15. The predicted molar refractivity (Wildman–Crippen MR) is 66.1 cm³/mol. The number of benzene rings is 1. The summed E-state index contributed by atoms with van der Waals surface area (Å²) in [4.78, 5) is 23.8. The second kappa shape index (κ2) is 6.40. The van der Waals surface area contributed by atoms with Crippen LogP contribution in [-0.4, -0.2) is 23.5 Å². The average Bonchev–Trinajstić information content (AvgIpc) is 2.38. The van der Waals surface area contributed by atoms with Gasteiger partial charge in [0, 0.05) is 18.7 Å². The lowest BCUT2D eigenvalue weighted by atomic mass is 10.2. The summed E-state index contributed by atoms with van der Waals surface area (Å²) in [5.74, 6) is -1.12. The highest BCUT2D eigenvalue weighted by molar-refractivity contribution is 5.93. The number of aliphatic carboxylic acids is 1. The topological polar surface area (TPSA) is 81.4 Å². The molecule has 0 aliphatic carbocycles. The van der Waals surface area contributed by atoms with Crippen molar-refractivity contribution in [3.8, 4) is 6.07 Å². The smallest absolute Gasteiger partial charge is 0.305 e. The number of carboxylic acids is 1. The van der Waals surface area contributed by atoms with Crippen molar-refractivity contribution in [1.29, 1.82) is 5.26 Å². The third kappa shape index (κ3) is 3.59. The monoisotopic (exact) mass is 246 g/mol. The van der Waals surface area contributed by atoms with Crippen LogP contribution < -0.4 is 4.90 Å². The lowest BCUT2D eigenvalue weighted by molar-refractivity contribution is -0.136. The lowest BCUT2D eigenvalue weighted by Gasteiger charge is -2.21. The van der Waals surface area contributed by atoms with Gasteiger partial charge in [0.05, 0.1) is 18.1 Å². The number of nitriles is 1. The third-order valence-electron chi connectivity index (χ3n) is 2.44. The van der Waals surface area contributed by atoms with E-state index in [9.17, 15) is 9.59 Å². The normalized spacial score (nSPS) is 9.56. The molecule has 18 heavy (non-hydrogen) atoms. The molecule has 1 aromatic carbocycles. The predicted octanol–water partition coefficient (Wildman–Crippen LogP) is 1.78. The first kappa shape index (κ1) is 13.7. The summed E-state index contributed by atoms with van der Waals surface area (Å²) < 4.78 is 0. The van der Waals surface area contributed by atoms with E-state index in [0.29, 0.717) is 11.3 Å². The van der Waals surface area contributed by atoms with Gasteiger partial charge in [-0.15, -0.1) is 0 Å². The molecule has 0 radical (unpaired) electrons. The van der Waals surface area contributed by atoms with Crippen LogP contribution in [0.4, 0.5) is 5.69 Å². The highest BCUT2D eigenvalue weighted by Crippen LogP contribution is 2.17. The first-order valence-corrected chi connectivity index (χ1v) is 5.60. The van der Waals surface area contributed by atoms with Gasteiger partial charge in [-0.25, -0.2) is 0 Å². The Bertz CT molecular complexity index is 491. The molecule has 94 valence electrons. The first-order valence-electron chi connectivity index (χ1n) is 5.60. The Morgan fingerprint density at radius 2 is 2.17 bits per heavy atom. The van der Waals surface area contributed by atoms with Gasteiger partial charge >= 0.3 is 5.97 Å². The van der Waals surface area contributed by atoms with E-state index in [1.54, 1.807) is 31.2 Å². The van der Waals surface area contributed by atoms with Crippen LogP contribution in [0.15, 0.2) is 24.3 Å². The molecule has 0 aromatic heterocycles. The number of carboxylic acid groups (broad SMARTS) is 1. The molecule has 5 nitrogen and oxygen atoms in total. The number of amides is 1. The molecule has 0 spiro atoms. The summed E-state index contributed by atoms with van der Waals surface area (Å²) in [6, 6.07) is 8.56. The minimum atomic E-state index is -0.958. The Morgan fingerprint density at radius 1 is 1.44 bits per heavy atom. The second-order valence-electron chi connectivity index (χ2n) is 3.70. The van der Waals surface area contributed by atoms with Crippen LogP contribution in [0.2, 0.25) is 0 Å². The number of nitrogens with zero attached hydrogens (tertiary/aromatic N) is 2. The van der Waals surface area contributed by atoms with Crippen molar-refractivity contribution in [3.05, 3.63) is 29.8 Å². The maximum absolute atomic E-state index is 11.8. The standard InChI is InChI=1S/C13H14N2O3/c1-2-12(16)15(7-6-13(17)18)11-5-3-4-10(8-11)9-14/h3-5,8H,2,6-7H2,1H3,(H,17,18). The summed E-state index contributed by atoms with van der Waals surface area (Å²) in [6.45, 7) is 1.82. The van der Waals surface area contributed by atoms with Crippen LogP contribution >= 0.6 is 0 Å². The van der Waals surface area contributed by atoms with E-state index < -0.39 is 5.97 Å². The fraction of sp³-hybridized carbons (Fsp3) is 0.308. The summed E-state index contributed by atoms with van der Waals surface area (Å²) in [7, 11) is 0. The SMILES string of the molecule is CCC(=O)N(CCC(=O)O)c1cccc(C#N)c1. The Morgan fingerprint density at radius 3 is 2.72 bits per heavy atom. The number of rotatable bonds is 5. The Hall–Kier alpha value is -2.35. The van der Waals surface area contributed by atoms with Crippen molar-refractivity contribution in [2.75, 3.05) is 11.4 Å². The summed E-state index contributed by atoms with van der Waals surface area (Å²) >= 11 is 0. The van der Waals surface area contributed by atoms with E-state index in [1.165, 1.54) is 4.90 Å². The lowest BCUT2D eigenvalue weighted by Crippen LogP contribution is -2.32. The van der Waals surface area contributed by atoms with Gasteiger partial charge in [-0.2, -0.15) is 5.26 Å². The minimum Gasteiger partial charge on any atom is -0.481 e. The van der Waals surface area contributed by atoms with Gasteiger partial charge in [0.15, 0.2) is 0 Å². The molecule has 1 rings (SSSR count). The van der Waals surface area contributed by atoms with Gasteiger partial charge in [0.25, 0.3) is 0 Å². The quantitative estimate of drug-likeness (QED) is 0.858. The number of hydrogen-bond acceptors (Lipinski definition) is 3. The number of anilines is 1. The van der Waals surface area contributed by atoms with Crippen LogP contribution in [0, 0.1) is 11.3 Å². The fourth-order valence-corrected chi connectivity index (χ4v) is 1.54. The zero-order valence-corrected chi connectivity index (χ0v) is 10.1. The molecule has 0 bridgehead atoms. The van der Waals surface area contributed by atoms with Crippen molar-refractivity contribution in [3.63, 3.8) is 0 Å². The van der Waals surface area contributed by atoms with Crippen LogP contribution in [0.5, 0.6) is 0 Å². The van der Waals surface area contributed by atoms with Gasteiger partial charge in [-0.3, -0.25) is 9.59 Å². The number of hydrogen-bond donors (Lipinski definition) is 1. The first-order chi connectivity index (χ1) is 8.58. The second-order valence-corrected chi connectivity index (χ2v) is 3.70. The van der Waals surface area contributed by atoms with E-state index in [0.717, 1.165) is 0 Å². The molecule has 0 saturated heterocycles. The van der Waals surface area contributed by atoms with Gasteiger partial charge in [0.1, 0.15) is 0 Å². The molecule has 0 heterocycles. The van der Waals surface area contributed by atoms with Crippen molar-refractivity contribution in [1.82, 2.24) is 0 Å². The van der Waals surface area contributed by atoms with E-state index in [2.05, 4.69) is 0 Å². The van der Waals surface area contributed by atoms with Crippen molar-refractivity contribution in [2.45, 2.75) is 19.8 Å². The van der Waals surface area contributed by atoms with E-state index in [-0.39, 0.29) is 25.3 Å². The molecule has 1 amide bonds. The minimum absolute atomic E-state index is 0.108. The van der Waals surface area contributed by atoms with E-state index >= 15 is 0 Å². The largest absolute Gasteiger partial charge is 0.481 e. The van der Waals surface area contributed by atoms with Crippen LogP contribution in [-0.2, 0) is 9.59 Å². The fourth-order valence-electron chi connectivity index (χ4n) is 1.54. The zero-order chi connectivity index (χ0) is 13.5. The van der Waals surface area contributed by atoms with Gasteiger partial charge in [-0.1, -0.05) is 13.0 Å². The van der Waals surface area contributed by atoms with Gasteiger partial charge in [0.2, 0.25) is 5.91 Å². The van der Waals surface area contributed by atoms with Crippen LogP contribution in [0.1, 0.15) is 25.3 Å². The molecule has 0 aliphatic heterocycles. The molecule has 0 aliphatic rings. The molecule has 1 N–H and O–H groups in total. The number of carbonyl (C=O) groups is 2. The summed E-state index contributed by atoms with van der Waals surface area (Å²) in [5.41, 5.74) is 0.999. The van der Waals surface area contributed by atoms with E-state index in [1.807, 2.05) is 6.07 Å². The van der Waals surface area contributed by atoms with Gasteiger partial charge < -0.3 is 10.0 Å². The van der Waals surface area contributed by atoms with Crippen LogP contribution in [0.25, 0.3) is 0 Å². The van der Waals surface area contributed by atoms with Crippen molar-refractivity contribution >= 4 is 17.6 Å². The Balaban J connectivity index is 2.97. The van der Waals surface area contributed by atoms with E-state index in [4.69, 9.17) is 10.4 Å². The molecular formula is C13H14N2O3.